The first kappa shape index (κ1) is 21.6. The zero-order chi connectivity index (χ0) is 20.6. The van der Waals surface area contributed by atoms with Gasteiger partial charge in [0.1, 0.15) is 18.2 Å². The third kappa shape index (κ3) is 7.53. The standard InChI is InChI=1S/C19H24FN3O4S/c1-14(12-27-18-9-7-17(20)8-10-18)23-19(24)22-11-15-3-5-16(6-4-15)13-28(25,26)21-2/h3-10,14,21H,11-13H2,1-2H3,(H2,22,23,24). The highest BCUT2D eigenvalue weighted by Crippen LogP contribution is 2.11. The zero-order valence-electron chi connectivity index (χ0n) is 15.7. The quantitative estimate of drug-likeness (QED) is 0.591. The summed E-state index contributed by atoms with van der Waals surface area (Å²) in [4.78, 5) is 12.0. The van der Waals surface area contributed by atoms with Gasteiger partial charge < -0.3 is 15.4 Å². The number of hydrogen-bond donors (Lipinski definition) is 3. The molecule has 0 radical (unpaired) electrons. The molecule has 9 heteroatoms. The van der Waals surface area contributed by atoms with Gasteiger partial charge in [-0.1, -0.05) is 24.3 Å². The van der Waals surface area contributed by atoms with Crippen molar-refractivity contribution < 1.29 is 22.3 Å². The summed E-state index contributed by atoms with van der Waals surface area (Å²) in [5, 5.41) is 5.47. The van der Waals surface area contributed by atoms with E-state index in [0.717, 1.165) is 5.56 Å². The molecule has 7 nitrogen and oxygen atoms in total. The van der Waals surface area contributed by atoms with Crippen molar-refractivity contribution in [3.63, 3.8) is 0 Å². The van der Waals surface area contributed by atoms with Gasteiger partial charge in [-0.3, -0.25) is 0 Å². The van der Waals surface area contributed by atoms with Crippen LogP contribution in [0.1, 0.15) is 18.1 Å². The largest absolute Gasteiger partial charge is 0.491 e. The SMILES string of the molecule is CNS(=O)(=O)Cc1ccc(CNC(=O)NC(C)COc2ccc(F)cc2)cc1. The van der Waals surface area contributed by atoms with E-state index in [1.807, 2.05) is 0 Å². The molecule has 3 N–H and O–H groups in total. The molecule has 0 bridgehead atoms. The highest BCUT2D eigenvalue weighted by Gasteiger charge is 2.10. The van der Waals surface area contributed by atoms with Crippen LogP contribution in [0.15, 0.2) is 48.5 Å². The number of rotatable bonds is 9. The van der Waals surface area contributed by atoms with E-state index in [9.17, 15) is 17.6 Å². The fraction of sp³-hybridized carbons (Fsp3) is 0.316. The van der Waals surface area contributed by atoms with Crippen molar-refractivity contribution in [1.82, 2.24) is 15.4 Å². The van der Waals surface area contributed by atoms with Gasteiger partial charge in [0.25, 0.3) is 0 Å². The van der Waals surface area contributed by atoms with Crippen LogP contribution in [-0.2, 0) is 22.3 Å². The average Bonchev–Trinajstić information content (AvgIpc) is 2.67. The molecule has 0 aromatic heterocycles. The van der Waals surface area contributed by atoms with E-state index in [4.69, 9.17) is 4.74 Å². The lowest BCUT2D eigenvalue weighted by Crippen LogP contribution is -2.43. The van der Waals surface area contributed by atoms with Gasteiger partial charge in [0.15, 0.2) is 0 Å². The van der Waals surface area contributed by atoms with Crippen molar-refractivity contribution in [2.45, 2.75) is 25.3 Å². The van der Waals surface area contributed by atoms with Crippen LogP contribution in [0.2, 0.25) is 0 Å². The van der Waals surface area contributed by atoms with Crippen molar-refractivity contribution in [3.8, 4) is 5.75 Å². The molecule has 2 rings (SSSR count). The van der Waals surface area contributed by atoms with Crippen molar-refractivity contribution >= 4 is 16.1 Å². The van der Waals surface area contributed by atoms with Gasteiger partial charge in [-0.15, -0.1) is 0 Å². The molecule has 1 atom stereocenters. The Morgan fingerprint density at radius 3 is 2.29 bits per heavy atom. The van der Waals surface area contributed by atoms with Crippen molar-refractivity contribution in [3.05, 3.63) is 65.5 Å². The Kier molecular flexibility index (Phi) is 7.77. The number of urea groups is 1. The van der Waals surface area contributed by atoms with Crippen LogP contribution in [0, 0.1) is 5.82 Å². The van der Waals surface area contributed by atoms with Crippen molar-refractivity contribution in [1.29, 1.82) is 0 Å². The number of carbonyl (C=O) groups is 1. The molecule has 1 unspecified atom stereocenters. The van der Waals surface area contributed by atoms with Crippen LogP contribution in [0.4, 0.5) is 9.18 Å². The molecule has 0 aliphatic carbocycles. The lowest BCUT2D eigenvalue weighted by atomic mass is 10.1. The maximum absolute atomic E-state index is 12.8. The van der Waals surface area contributed by atoms with Crippen LogP contribution >= 0.6 is 0 Å². The number of benzene rings is 2. The Hall–Kier alpha value is -2.65. The molecular weight excluding hydrogens is 385 g/mol. The Morgan fingerprint density at radius 1 is 1.07 bits per heavy atom. The molecule has 28 heavy (non-hydrogen) atoms. The summed E-state index contributed by atoms with van der Waals surface area (Å²) in [7, 11) is -1.94. The number of amides is 2. The van der Waals surface area contributed by atoms with Gasteiger partial charge in [-0.2, -0.15) is 0 Å². The second-order valence-electron chi connectivity index (χ2n) is 6.27. The molecule has 2 aromatic carbocycles. The summed E-state index contributed by atoms with van der Waals surface area (Å²) in [6, 6.07) is 12.0. The number of sulfonamides is 1. The van der Waals surface area contributed by atoms with Crippen LogP contribution in [0.3, 0.4) is 0 Å². The zero-order valence-corrected chi connectivity index (χ0v) is 16.6. The molecule has 2 aromatic rings. The van der Waals surface area contributed by atoms with Crippen LogP contribution in [0.25, 0.3) is 0 Å². The lowest BCUT2D eigenvalue weighted by molar-refractivity contribution is 0.226. The summed E-state index contributed by atoms with van der Waals surface area (Å²) < 4.78 is 43.6. The first-order valence-corrected chi connectivity index (χ1v) is 10.3. The summed E-state index contributed by atoms with van der Waals surface area (Å²) in [5.41, 5.74) is 1.50. The Balaban J connectivity index is 1.73. The maximum Gasteiger partial charge on any atom is 0.315 e. The first-order valence-electron chi connectivity index (χ1n) is 8.69. The van der Waals surface area contributed by atoms with Crippen LogP contribution < -0.4 is 20.1 Å². The number of ether oxygens (including phenoxy) is 1. The highest BCUT2D eigenvalue weighted by atomic mass is 32.2. The number of hydrogen-bond acceptors (Lipinski definition) is 4. The second-order valence-corrected chi connectivity index (χ2v) is 8.20. The minimum Gasteiger partial charge on any atom is -0.491 e. The smallest absolute Gasteiger partial charge is 0.315 e. The molecule has 0 aliphatic heterocycles. The molecule has 0 saturated carbocycles. The van der Waals surface area contributed by atoms with E-state index in [2.05, 4.69) is 15.4 Å². The summed E-state index contributed by atoms with van der Waals surface area (Å²) in [6.07, 6.45) is 0. The summed E-state index contributed by atoms with van der Waals surface area (Å²) in [5.74, 6) is 0.0916. The second kappa shape index (κ2) is 10.0. The summed E-state index contributed by atoms with van der Waals surface area (Å²) in [6.45, 7) is 2.34. The molecule has 0 heterocycles. The van der Waals surface area contributed by atoms with E-state index in [1.165, 1.54) is 31.3 Å². The molecule has 2 amide bonds. The topological polar surface area (TPSA) is 96.5 Å². The van der Waals surface area contributed by atoms with Crippen LogP contribution in [-0.4, -0.2) is 34.1 Å². The predicted molar refractivity (Wildman–Crippen MR) is 105 cm³/mol. The number of carbonyl (C=O) groups excluding carboxylic acids is 1. The number of nitrogens with one attached hydrogen (secondary N) is 3. The van der Waals surface area contributed by atoms with Crippen molar-refractivity contribution in [2.75, 3.05) is 13.7 Å². The fourth-order valence-electron chi connectivity index (χ4n) is 2.30. The minimum atomic E-state index is -3.31. The monoisotopic (exact) mass is 409 g/mol. The molecular formula is C19H24FN3O4S. The third-order valence-electron chi connectivity index (χ3n) is 3.83. The maximum atomic E-state index is 12.8. The number of halogens is 1. The Bertz CT molecular complexity index is 871. The minimum absolute atomic E-state index is 0.0940. The van der Waals surface area contributed by atoms with E-state index in [1.54, 1.807) is 31.2 Å². The molecule has 0 spiro atoms. The van der Waals surface area contributed by atoms with Gasteiger partial charge in [-0.05, 0) is 49.4 Å². The third-order valence-corrected chi connectivity index (χ3v) is 5.17. The van der Waals surface area contributed by atoms with Crippen molar-refractivity contribution in [2.24, 2.45) is 0 Å². The summed E-state index contributed by atoms with van der Waals surface area (Å²) >= 11 is 0. The van der Waals surface area contributed by atoms with Gasteiger partial charge in [0.05, 0.1) is 11.8 Å². The van der Waals surface area contributed by atoms with E-state index >= 15 is 0 Å². The van der Waals surface area contributed by atoms with E-state index < -0.39 is 10.0 Å². The lowest BCUT2D eigenvalue weighted by Gasteiger charge is -2.16. The van der Waals surface area contributed by atoms with E-state index in [-0.39, 0.29) is 30.2 Å². The highest BCUT2D eigenvalue weighted by molar-refractivity contribution is 7.88. The predicted octanol–water partition coefficient (Wildman–Crippen LogP) is 2.14. The van der Waals surface area contributed by atoms with Crippen LogP contribution in [0.5, 0.6) is 5.75 Å². The molecule has 0 aliphatic rings. The van der Waals surface area contributed by atoms with E-state index in [0.29, 0.717) is 17.9 Å². The fourth-order valence-corrected chi connectivity index (χ4v) is 3.07. The first-order chi connectivity index (χ1) is 13.3. The molecule has 0 fully saturated rings. The average molecular weight is 409 g/mol. The van der Waals surface area contributed by atoms with Gasteiger partial charge >= 0.3 is 6.03 Å². The van der Waals surface area contributed by atoms with Gasteiger partial charge in [0.2, 0.25) is 10.0 Å². The van der Waals surface area contributed by atoms with Gasteiger partial charge in [0, 0.05) is 6.54 Å². The molecule has 152 valence electrons. The Morgan fingerprint density at radius 2 is 1.68 bits per heavy atom. The normalized spacial score (nSPS) is 12.2. The molecule has 0 saturated heterocycles. The van der Waals surface area contributed by atoms with Gasteiger partial charge in [-0.25, -0.2) is 22.3 Å². The Labute approximate surface area is 164 Å².